The minimum Gasteiger partial charge on any atom is -0.390 e. The highest BCUT2D eigenvalue weighted by Gasteiger charge is 1.91. The molecule has 0 aliphatic carbocycles. The number of nitrogens with zero attached hydrogens (tertiary/aromatic N) is 1. The molecule has 0 aliphatic heterocycles. The molecule has 0 fully saturated rings. The molecule has 0 saturated carbocycles. The number of pyridine rings is 1. The monoisotopic (exact) mass is 241 g/mol. The van der Waals surface area contributed by atoms with Gasteiger partial charge >= 0.3 is 0 Å². The van der Waals surface area contributed by atoms with E-state index in [1.54, 1.807) is 0 Å². The summed E-state index contributed by atoms with van der Waals surface area (Å²) in [6.07, 6.45) is 5.00. The van der Waals surface area contributed by atoms with E-state index in [-0.39, 0.29) is 6.61 Å². The molecule has 0 aliphatic rings. The number of hydrogen-bond acceptors (Lipinski definition) is 2. The Kier molecular flexibility index (Phi) is 4.72. The SMILES string of the molecule is OCc1cccc(C=CCCBr)n1. The van der Waals surface area contributed by atoms with E-state index in [1.165, 1.54) is 0 Å². The van der Waals surface area contributed by atoms with Crippen molar-refractivity contribution in [2.75, 3.05) is 5.33 Å². The van der Waals surface area contributed by atoms with Crippen LogP contribution >= 0.6 is 15.9 Å². The van der Waals surface area contributed by atoms with Crippen molar-refractivity contribution in [1.82, 2.24) is 4.98 Å². The van der Waals surface area contributed by atoms with Gasteiger partial charge in [0.1, 0.15) is 0 Å². The van der Waals surface area contributed by atoms with Gasteiger partial charge in [-0.15, -0.1) is 0 Å². The average molecular weight is 242 g/mol. The normalized spacial score (nSPS) is 10.9. The first-order chi connectivity index (χ1) is 6.36. The van der Waals surface area contributed by atoms with Gasteiger partial charge in [0.2, 0.25) is 0 Å². The van der Waals surface area contributed by atoms with Crippen LogP contribution in [0.4, 0.5) is 0 Å². The molecule has 0 atom stereocenters. The largest absolute Gasteiger partial charge is 0.390 e. The van der Waals surface area contributed by atoms with E-state index >= 15 is 0 Å². The van der Waals surface area contributed by atoms with E-state index < -0.39 is 0 Å². The summed E-state index contributed by atoms with van der Waals surface area (Å²) in [5, 5.41) is 9.80. The molecule has 0 bridgehead atoms. The summed E-state index contributed by atoms with van der Waals surface area (Å²) in [7, 11) is 0. The van der Waals surface area contributed by atoms with Gasteiger partial charge < -0.3 is 5.11 Å². The zero-order valence-corrected chi connectivity index (χ0v) is 8.87. The molecule has 0 radical (unpaired) electrons. The summed E-state index contributed by atoms with van der Waals surface area (Å²) in [5.41, 5.74) is 1.61. The van der Waals surface area contributed by atoms with Crippen molar-refractivity contribution < 1.29 is 5.11 Å². The molecule has 0 unspecified atom stereocenters. The van der Waals surface area contributed by atoms with Crippen LogP contribution in [0.5, 0.6) is 0 Å². The fraction of sp³-hybridized carbons (Fsp3) is 0.300. The summed E-state index contributed by atoms with van der Waals surface area (Å²) in [6, 6.07) is 5.62. The number of allylic oxidation sites excluding steroid dienone is 1. The highest BCUT2D eigenvalue weighted by atomic mass is 79.9. The molecular weight excluding hydrogens is 230 g/mol. The molecule has 1 N–H and O–H groups in total. The van der Waals surface area contributed by atoms with Gasteiger partial charge in [0.25, 0.3) is 0 Å². The number of aromatic nitrogens is 1. The second-order valence-corrected chi connectivity index (χ2v) is 3.38. The maximum atomic E-state index is 8.84. The quantitative estimate of drug-likeness (QED) is 0.822. The highest BCUT2D eigenvalue weighted by Crippen LogP contribution is 2.02. The Balaban J connectivity index is 2.66. The Labute approximate surface area is 86.4 Å². The molecule has 0 aromatic carbocycles. The first kappa shape index (κ1) is 10.4. The first-order valence-corrected chi connectivity index (χ1v) is 5.28. The Morgan fingerprint density at radius 3 is 3.00 bits per heavy atom. The summed E-state index contributed by atoms with van der Waals surface area (Å²) >= 11 is 3.34. The van der Waals surface area contributed by atoms with E-state index in [9.17, 15) is 0 Å². The van der Waals surface area contributed by atoms with Crippen molar-refractivity contribution in [2.24, 2.45) is 0 Å². The Morgan fingerprint density at radius 2 is 2.31 bits per heavy atom. The number of aliphatic hydroxyl groups is 1. The predicted octanol–water partition coefficient (Wildman–Crippen LogP) is 2.37. The van der Waals surface area contributed by atoms with Crippen LogP contribution < -0.4 is 0 Å². The van der Waals surface area contributed by atoms with E-state index in [2.05, 4.69) is 27.0 Å². The van der Waals surface area contributed by atoms with Gasteiger partial charge in [-0.2, -0.15) is 0 Å². The minimum absolute atomic E-state index is 0.000123. The molecule has 0 amide bonds. The van der Waals surface area contributed by atoms with E-state index in [1.807, 2.05) is 24.3 Å². The van der Waals surface area contributed by atoms with Crippen molar-refractivity contribution in [2.45, 2.75) is 13.0 Å². The molecule has 0 saturated heterocycles. The molecule has 1 heterocycles. The minimum atomic E-state index is 0.000123. The van der Waals surface area contributed by atoms with Crippen molar-refractivity contribution in [3.05, 3.63) is 35.7 Å². The first-order valence-electron chi connectivity index (χ1n) is 4.16. The standard InChI is InChI=1S/C10H12BrNO/c11-7-2-1-4-9-5-3-6-10(8-13)12-9/h1,3-6,13H,2,7-8H2. The topological polar surface area (TPSA) is 33.1 Å². The van der Waals surface area contributed by atoms with Crippen LogP contribution in [-0.4, -0.2) is 15.4 Å². The molecule has 2 nitrogen and oxygen atoms in total. The second-order valence-electron chi connectivity index (χ2n) is 2.59. The zero-order valence-electron chi connectivity index (χ0n) is 7.28. The van der Waals surface area contributed by atoms with Crippen molar-refractivity contribution in [1.29, 1.82) is 0 Å². The fourth-order valence-corrected chi connectivity index (χ4v) is 1.21. The van der Waals surface area contributed by atoms with Crippen molar-refractivity contribution in [3.8, 4) is 0 Å². The van der Waals surface area contributed by atoms with Crippen LogP contribution in [0.25, 0.3) is 6.08 Å². The molecule has 13 heavy (non-hydrogen) atoms. The Hall–Kier alpha value is -0.670. The number of aliphatic hydroxyl groups excluding tert-OH is 1. The Bertz CT molecular complexity index is 286. The summed E-state index contributed by atoms with van der Waals surface area (Å²) < 4.78 is 0. The van der Waals surface area contributed by atoms with E-state index in [0.717, 1.165) is 17.4 Å². The summed E-state index contributed by atoms with van der Waals surface area (Å²) in [4.78, 5) is 4.21. The molecule has 1 aromatic rings. The molecule has 70 valence electrons. The lowest BCUT2D eigenvalue weighted by Crippen LogP contribution is -1.89. The van der Waals surface area contributed by atoms with Crippen LogP contribution in [-0.2, 0) is 6.61 Å². The lowest BCUT2D eigenvalue weighted by Gasteiger charge is -1.96. The van der Waals surface area contributed by atoms with Crippen LogP contribution in [0.3, 0.4) is 0 Å². The second kappa shape index (κ2) is 5.89. The Morgan fingerprint density at radius 1 is 1.46 bits per heavy atom. The van der Waals surface area contributed by atoms with Gasteiger partial charge in [0.05, 0.1) is 18.0 Å². The van der Waals surface area contributed by atoms with Gasteiger partial charge in [-0.3, -0.25) is 4.98 Å². The molecule has 0 spiro atoms. The number of halogens is 1. The third-order valence-electron chi connectivity index (χ3n) is 1.55. The highest BCUT2D eigenvalue weighted by molar-refractivity contribution is 9.09. The molecular formula is C10H12BrNO. The van der Waals surface area contributed by atoms with Gasteiger partial charge in [0.15, 0.2) is 0 Å². The van der Waals surface area contributed by atoms with E-state index in [0.29, 0.717) is 5.69 Å². The van der Waals surface area contributed by atoms with Gasteiger partial charge in [-0.05, 0) is 24.6 Å². The lowest BCUT2D eigenvalue weighted by atomic mass is 10.3. The van der Waals surface area contributed by atoms with Crippen LogP contribution in [0.1, 0.15) is 17.8 Å². The summed E-state index contributed by atoms with van der Waals surface area (Å²) in [5.74, 6) is 0. The summed E-state index contributed by atoms with van der Waals surface area (Å²) in [6.45, 7) is 0.000123. The lowest BCUT2D eigenvalue weighted by molar-refractivity contribution is 0.277. The van der Waals surface area contributed by atoms with Crippen molar-refractivity contribution in [3.63, 3.8) is 0 Å². The molecule has 1 aromatic heterocycles. The van der Waals surface area contributed by atoms with Crippen LogP contribution in [0, 0.1) is 0 Å². The average Bonchev–Trinajstić information content (AvgIpc) is 2.19. The van der Waals surface area contributed by atoms with Gasteiger partial charge in [-0.1, -0.05) is 28.1 Å². The van der Waals surface area contributed by atoms with Gasteiger partial charge in [0, 0.05) is 5.33 Å². The molecule has 1 rings (SSSR count). The van der Waals surface area contributed by atoms with Crippen LogP contribution in [0.2, 0.25) is 0 Å². The number of hydrogen-bond donors (Lipinski definition) is 1. The third-order valence-corrected chi connectivity index (χ3v) is 2.01. The van der Waals surface area contributed by atoms with Crippen molar-refractivity contribution >= 4 is 22.0 Å². The number of rotatable bonds is 4. The smallest absolute Gasteiger partial charge is 0.0853 e. The zero-order chi connectivity index (χ0) is 9.52. The number of alkyl halides is 1. The predicted molar refractivity (Wildman–Crippen MR) is 57.6 cm³/mol. The van der Waals surface area contributed by atoms with Gasteiger partial charge in [-0.25, -0.2) is 0 Å². The van der Waals surface area contributed by atoms with E-state index in [4.69, 9.17) is 5.11 Å². The third kappa shape index (κ3) is 3.70. The van der Waals surface area contributed by atoms with Crippen LogP contribution in [0.15, 0.2) is 24.3 Å². The molecule has 3 heteroatoms. The maximum Gasteiger partial charge on any atom is 0.0853 e. The maximum absolute atomic E-state index is 8.84. The fourth-order valence-electron chi connectivity index (χ4n) is 0.946.